The topological polar surface area (TPSA) is 15.3 Å². The van der Waals surface area contributed by atoms with Gasteiger partial charge in [-0.2, -0.15) is 0 Å². The van der Waals surface area contributed by atoms with E-state index in [1.165, 1.54) is 5.69 Å². The molecule has 0 aliphatic carbocycles. The predicted octanol–water partition coefficient (Wildman–Crippen LogP) is 4.18. The molecule has 1 aliphatic heterocycles. The quantitative estimate of drug-likeness (QED) is 0.834. The summed E-state index contributed by atoms with van der Waals surface area (Å²) in [6.45, 7) is 8.91. The van der Waals surface area contributed by atoms with Crippen molar-refractivity contribution in [2.75, 3.05) is 18.0 Å². The Hall–Kier alpha value is -0.0600. The van der Waals surface area contributed by atoms with Crippen LogP contribution in [0.4, 0.5) is 5.69 Å². The molecular formula is C14H20Br2N2. The molecule has 0 saturated carbocycles. The van der Waals surface area contributed by atoms with Crippen molar-refractivity contribution < 1.29 is 0 Å². The Kier molecular flexibility index (Phi) is 4.40. The smallest absolute Gasteiger partial charge is 0.0514 e. The molecule has 18 heavy (non-hydrogen) atoms. The Bertz CT molecular complexity index is 436. The monoisotopic (exact) mass is 374 g/mol. The molecule has 0 aromatic heterocycles. The summed E-state index contributed by atoms with van der Waals surface area (Å²) in [5, 5.41) is 3.66. The van der Waals surface area contributed by atoms with E-state index in [-0.39, 0.29) is 5.54 Å². The highest BCUT2D eigenvalue weighted by atomic mass is 79.9. The number of piperazine rings is 1. The summed E-state index contributed by atoms with van der Waals surface area (Å²) in [6.07, 6.45) is 1.14. The Labute approximate surface area is 126 Å². The van der Waals surface area contributed by atoms with Gasteiger partial charge in [0.25, 0.3) is 0 Å². The SMILES string of the molecule is CCC1(C)CN(c2ccc(Br)cc2Br)C(C)CN1. The minimum atomic E-state index is 0.207. The van der Waals surface area contributed by atoms with Gasteiger partial charge in [0.2, 0.25) is 0 Å². The average Bonchev–Trinajstić information content (AvgIpc) is 2.33. The van der Waals surface area contributed by atoms with E-state index in [0.717, 1.165) is 28.5 Å². The predicted molar refractivity (Wildman–Crippen MR) is 85.3 cm³/mol. The van der Waals surface area contributed by atoms with Gasteiger partial charge in [-0.15, -0.1) is 0 Å². The molecule has 100 valence electrons. The minimum Gasteiger partial charge on any atom is -0.365 e. The lowest BCUT2D eigenvalue weighted by atomic mass is 9.93. The number of rotatable bonds is 2. The first-order chi connectivity index (χ1) is 8.45. The Morgan fingerprint density at radius 3 is 2.78 bits per heavy atom. The molecule has 2 unspecified atom stereocenters. The van der Waals surface area contributed by atoms with Crippen molar-refractivity contribution in [2.45, 2.75) is 38.8 Å². The highest BCUT2D eigenvalue weighted by Crippen LogP contribution is 2.33. The van der Waals surface area contributed by atoms with Gasteiger partial charge in [-0.1, -0.05) is 22.9 Å². The summed E-state index contributed by atoms with van der Waals surface area (Å²) in [6, 6.07) is 6.93. The molecule has 4 heteroatoms. The van der Waals surface area contributed by atoms with Gasteiger partial charge in [0.15, 0.2) is 0 Å². The van der Waals surface area contributed by atoms with Crippen LogP contribution in [0.1, 0.15) is 27.2 Å². The summed E-state index contributed by atoms with van der Waals surface area (Å²) in [5.41, 5.74) is 1.49. The van der Waals surface area contributed by atoms with Crippen LogP contribution >= 0.6 is 31.9 Å². The maximum atomic E-state index is 3.68. The number of nitrogens with zero attached hydrogens (tertiary/aromatic N) is 1. The van der Waals surface area contributed by atoms with E-state index >= 15 is 0 Å². The second-order valence-electron chi connectivity index (χ2n) is 5.37. The zero-order chi connectivity index (χ0) is 13.3. The second-order valence-corrected chi connectivity index (χ2v) is 7.14. The molecule has 1 fully saturated rings. The van der Waals surface area contributed by atoms with E-state index in [1.54, 1.807) is 0 Å². The third kappa shape index (κ3) is 2.91. The van der Waals surface area contributed by atoms with E-state index in [4.69, 9.17) is 0 Å². The average molecular weight is 376 g/mol. The zero-order valence-corrected chi connectivity index (χ0v) is 14.3. The number of hydrogen-bond acceptors (Lipinski definition) is 2. The van der Waals surface area contributed by atoms with Gasteiger partial charge in [0.1, 0.15) is 0 Å². The highest BCUT2D eigenvalue weighted by Gasteiger charge is 2.33. The second kappa shape index (κ2) is 5.51. The Morgan fingerprint density at radius 2 is 2.17 bits per heavy atom. The molecule has 1 heterocycles. The molecule has 0 radical (unpaired) electrons. The summed E-state index contributed by atoms with van der Waals surface area (Å²) in [4.78, 5) is 2.50. The van der Waals surface area contributed by atoms with Gasteiger partial charge < -0.3 is 10.2 Å². The van der Waals surface area contributed by atoms with Crippen LogP contribution < -0.4 is 10.2 Å². The van der Waals surface area contributed by atoms with E-state index in [2.05, 4.69) is 81.0 Å². The molecule has 1 aliphatic rings. The summed E-state index contributed by atoms with van der Waals surface area (Å²) in [5.74, 6) is 0. The van der Waals surface area contributed by atoms with Crippen LogP contribution in [0.5, 0.6) is 0 Å². The van der Waals surface area contributed by atoms with Crippen molar-refractivity contribution in [3.63, 3.8) is 0 Å². The van der Waals surface area contributed by atoms with Crippen molar-refractivity contribution in [3.05, 3.63) is 27.1 Å². The third-order valence-electron chi connectivity index (χ3n) is 3.88. The van der Waals surface area contributed by atoms with Gasteiger partial charge in [-0.25, -0.2) is 0 Å². The Morgan fingerprint density at radius 1 is 1.44 bits per heavy atom. The van der Waals surface area contributed by atoms with Gasteiger partial charge in [-0.3, -0.25) is 0 Å². The normalized spacial score (nSPS) is 28.5. The third-order valence-corrected chi connectivity index (χ3v) is 5.00. The van der Waals surface area contributed by atoms with E-state index in [0.29, 0.717) is 6.04 Å². The molecule has 2 rings (SSSR count). The molecule has 2 nitrogen and oxygen atoms in total. The molecule has 1 aromatic rings. The summed E-state index contributed by atoms with van der Waals surface area (Å²) < 4.78 is 2.27. The van der Waals surface area contributed by atoms with Gasteiger partial charge in [0.05, 0.1) is 5.69 Å². The van der Waals surface area contributed by atoms with E-state index in [1.807, 2.05) is 0 Å². The van der Waals surface area contributed by atoms with Crippen LogP contribution in [0.2, 0.25) is 0 Å². The standard InChI is InChI=1S/C14H20Br2N2/c1-4-14(3)9-18(10(2)8-17-14)13-6-5-11(15)7-12(13)16/h5-7,10,17H,4,8-9H2,1-3H3. The molecule has 1 aromatic carbocycles. The molecule has 1 saturated heterocycles. The maximum absolute atomic E-state index is 3.68. The van der Waals surface area contributed by atoms with Crippen molar-refractivity contribution in [2.24, 2.45) is 0 Å². The van der Waals surface area contributed by atoms with Crippen molar-refractivity contribution in [1.82, 2.24) is 5.32 Å². The number of hydrogen-bond donors (Lipinski definition) is 1. The molecule has 0 amide bonds. The molecular weight excluding hydrogens is 356 g/mol. The fourth-order valence-electron chi connectivity index (χ4n) is 2.37. The molecule has 0 bridgehead atoms. The van der Waals surface area contributed by atoms with Crippen LogP contribution in [0.25, 0.3) is 0 Å². The summed E-state index contributed by atoms with van der Waals surface area (Å²) in [7, 11) is 0. The van der Waals surface area contributed by atoms with Crippen molar-refractivity contribution >= 4 is 37.5 Å². The maximum Gasteiger partial charge on any atom is 0.0514 e. The molecule has 0 spiro atoms. The Balaban J connectivity index is 2.30. The number of anilines is 1. The zero-order valence-electron chi connectivity index (χ0n) is 11.1. The van der Waals surface area contributed by atoms with Crippen LogP contribution in [-0.4, -0.2) is 24.7 Å². The lowest BCUT2D eigenvalue weighted by molar-refractivity contribution is 0.285. The van der Waals surface area contributed by atoms with Crippen LogP contribution in [0, 0.1) is 0 Å². The van der Waals surface area contributed by atoms with Crippen LogP contribution in [0.3, 0.4) is 0 Å². The first-order valence-electron chi connectivity index (χ1n) is 6.42. The summed E-state index contributed by atoms with van der Waals surface area (Å²) >= 11 is 7.19. The van der Waals surface area contributed by atoms with Crippen molar-refractivity contribution in [3.8, 4) is 0 Å². The van der Waals surface area contributed by atoms with Gasteiger partial charge in [0, 0.05) is 33.6 Å². The lowest BCUT2D eigenvalue weighted by Crippen LogP contribution is -2.62. The lowest BCUT2D eigenvalue weighted by Gasteiger charge is -2.46. The minimum absolute atomic E-state index is 0.207. The fourth-order valence-corrected chi connectivity index (χ4v) is 3.64. The molecule has 1 N–H and O–H groups in total. The van der Waals surface area contributed by atoms with Crippen molar-refractivity contribution in [1.29, 1.82) is 0 Å². The van der Waals surface area contributed by atoms with Crippen LogP contribution in [-0.2, 0) is 0 Å². The number of halogens is 2. The number of nitrogens with one attached hydrogen (secondary N) is 1. The van der Waals surface area contributed by atoms with Gasteiger partial charge >= 0.3 is 0 Å². The molecule has 2 atom stereocenters. The fraction of sp³-hybridized carbons (Fsp3) is 0.571. The first-order valence-corrected chi connectivity index (χ1v) is 8.00. The number of benzene rings is 1. The van der Waals surface area contributed by atoms with E-state index in [9.17, 15) is 0 Å². The van der Waals surface area contributed by atoms with E-state index < -0.39 is 0 Å². The van der Waals surface area contributed by atoms with Crippen LogP contribution in [0.15, 0.2) is 27.1 Å². The highest BCUT2D eigenvalue weighted by molar-refractivity contribution is 9.11. The first kappa shape index (κ1) is 14.4. The largest absolute Gasteiger partial charge is 0.365 e. The van der Waals surface area contributed by atoms with Gasteiger partial charge in [-0.05, 0) is 54.4 Å².